The third-order valence-corrected chi connectivity index (χ3v) is 6.64. The van der Waals surface area contributed by atoms with Crippen molar-refractivity contribution in [3.05, 3.63) is 59.9 Å². The van der Waals surface area contributed by atoms with Crippen LogP contribution in [0.3, 0.4) is 0 Å². The molecule has 1 heterocycles. The Labute approximate surface area is 172 Å². The number of rotatable bonds is 9. The van der Waals surface area contributed by atoms with Gasteiger partial charge >= 0.3 is 0 Å². The van der Waals surface area contributed by atoms with Gasteiger partial charge in [0.05, 0.1) is 11.5 Å². The van der Waals surface area contributed by atoms with Gasteiger partial charge in [-0.25, -0.2) is 17.5 Å². The molecule has 29 heavy (non-hydrogen) atoms. The van der Waals surface area contributed by atoms with Crippen LogP contribution in [0.1, 0.15) is 24.8 Å². The fraction of sp³-hybridized carbons (Fsp3) is 0.455. The molecule has 0 saturated carbocycles. The second-order valence-corrected chi connectivity index (χ2v) is 9.40. The van der Waals surface area contributed by atoms with Crippen LogP contribution < -0.4 is 9.46 Å². The molecule has 1 unspecified atom stereocenters. The molecule has 1 fully saturated rings. The van der Waals surface area contributed by atoms with Crippen molar-refractivity contribution in [3.8, 4) is 5.75 Å². The fourth-order valence-corrected chi connectivity index (χ4v) is 4.67. The highest BCUT2D eigenvalue weighted by Gasteiger charge is 2.22. The standard InChI is InChI=1S/C22H29FN2O3S/c1-18-5-11-22(12-6-18)29(26,27)24-16-19-4-2-13-25(17-19)14-3-15-28-21-9-7-20(23)8-10-21/h5-12,19,24H,2-4,13-17H2,1H3. The van der Waals surface area contributed by atoms with Crippen LogP contribution in [0.15, 0.2) is 53.4 Å². The molecule has 2 aromatic carbocycles. The molecule has 1 saturated heterocycles. The van der Waals surface area contributed by atoms with Crippen molar-refractivity contribution in [2.24, 2.45) is 5.92 Å². The first-order valence-electron chi connectivity index (χ1n) is 10.1. The van der Waals surface area contributed by atoms with E-state index in [9.17, 15) is 12.8 Å². The first kappa shape index (κ1) is 21.7. The van der Waals surface area contributed by atoms with Gasteiger partial charge in [0.1, 0.15) is 11.6 Å². The van der Waals surface area contributed by atoms with E-state index in [1.165, 1.54) is 12.1 Å². The maximum absolute atomic E-state index is 12.9. The Morgan fingerprint density at radius 2 is 1.86 bits per heavy atom. The number of aryl methyl sites for hydroxylation is 1. The summed E-state index contributed by atoms with van der Waals surface area (Å²) in [5.74, 6) is 0.713. The zero-order valence-electron chi connectivity index (χ0n) is 16.8. The summed E-state index contributed by atoms with van der Waals surface area (Å²) in [7, 11) is -3.46. The summed E-state index contributed by atoms with van der Waals surface area (Å²) in [6.45, 7) is 5.78. The van der Waals surface area contributed by atoms with E-state index < -0.39 is 10.0 Å². The van der Waals surface area contributed by atoms with Crippen LogP contribution in [0.2, 0.25) is 0 Å². The first-order chi connectivity index (χ1) is 13.9. The summed E-state index contributed by atoms with van der Waals surface area (Å²) in [4.78, 5) is 2.68. The number of nitrogens with zero attached hydrogens (tertiary/aromatic N) is 1. The molecule has 158 valence electrons. The highest BCUT2D eigenvalue weighted by atomic mass is 32.2. The minimum absolute atomic E-state index is 0.269. The summed E-state index contributed by atoms with van der Waals surface area (Å²) in [6, 6.07) is 13.0. The van der Waals surface area contributed by atoms with Crippen LogP contribution in [0.25, 0.3) is 0 Å². The Morgan fingerprint density at radius 3 is 2.59 bits per heavy atom. The number of nitrogens with one attached hydrogen (secondary N) is 1. The van der Waals surface area contributed by atoms with Crippen molar-refractivity contribution >= 4 is 10.0 Å². The molecule has 1 atom stereocenters. The van der Waals surface area contributed by atoms with Crippen LogP contribution in [0, 0.1) is 18.7 Å². The van der Waals surface area contributed by atoms with Crippen LogP contribution in [-0.2, 0) is 10.0 Å². The maximum Gasteiger partial charge on any atom is 0.240 e. The van der Waals surface area contributed by atoms with Gasteiger partial charge in [-0.2, -0.15) is 0 Å². The van der Waals surface area contributed by atoms with Crippen LogP contribution in [0.5, 0.6) is 5.75 Å². The van der Waals surface area contributed by atoms with Crippen LogP contribution >= 0.6 is 0 Å². The van der Waals surface area contributed by atoms with E-state index in [-0.39, 0.29) is 5.82 Å². The Morgan fingerprint density at radius 1 is 1.14 bits per heavy atom. The van der Waals surface area contributed by atoms with E-state index in [0.717, 1.165) is 44.5 Å². The molecule has 0 spiro atoms. The number of hydrogen-bond donors (Lipinski definition) is 1. The lowest BCUT2D eigenvalue weighted by Gasteiger charge is -2.32. The minimum Gasteiger partial charge on any atom is -0.494 e. The highest BCUT2D eigenvalue weighted by molar-refractivity contribution is 7.89. The lowest BCUT2D eigenvalue weighted by atomic mass is 9.98. The predicted octanol–water partition coefficient (Wildman–Crippen LogP) is 3.59. The Hall–Kier alpha value is -1.96. The third kappa shape index (κ3) is 6.80. The molecule has 0 aliphatic carbocycles. The van der Waals surface area contributed by atoms with Crippen molar-refractivity contribution in [2.45, 2.75) is 31.1 Å². The van der Waals surface area contributed by atoms with Gasteiger partial charge in [-0.3, -0.25) is 0 Å². The van der Waals surface area contributed by atoms with Crippen molar-refractivity contribution in [1.29, 1.82) is 0 Å². The Kier molecular flexibility index (Phi) is 7.64. The topological polar surface area (TPSA) is 58.6 Å². The smallest absolute Gasteiger partial charge is 0.240 e. The molecule has 7 heteroatoms. The van der Waals surface area contributed by atoms with Gasteiger partial charge in [0.15, 0.2) is 0 Å². The molecule has 1 aliphatic heterocycles. The lowest BCUT2D eigenvalue weighted by Crippen LogP contribution is -2.41. The van der Waals surface area contributed by atoms with Gasteiger partial charge in [-0.1, -0.05) is 17.7 Å². The van der Waals surface area contributed by atoms with E-state index in [1.807, 2.05) is 19.1 Å². The Bertz CT molecular complexity index is 870. The number of likely N-dealkylation sites (tertiary alicyclic amines) is 1. The molecular weight excluding hydrogens is 391 g/mol. The van der Waals surface area contributed by atoms with Gasteiger partial charge in [0.25, 0.3) is 0 Å². The molecular formula is C22H29FN2O3S. The van der Waals surface area contributed by atoms with E-state index in [4.69, 9.17) is 4.74 Å². The van der Waals surface area contributed by atoms with Gasteiger partial charge in [0.2, 0.25) is 10.0 Å². The number of halogens is 1. The van der Waals surface area contributed by atoms with Gasteiger partial charge in [-0.15, -0.1) is 0 Å². The van der Waals surface area contributed by atoms with E-state index in [0.29, 0.717) is 29.7 Å². The predicted molar refractivity (Wildman–Crippen MR) is 112 cm³/mol. The van der Waals surface area contributed by atoms with Crippen LogP contribution in [-0.4, -0.2) is 46.1 Å². The average Bonchev–Trinajstić information content (AvgIpc) is 2.72. The minimum atomic E-state index is -3.46. The second kappa shape index (κ2) is 10.2. The van der Waals surface area contributed by atoms with Gasteiger partial charge < -0.3 is 9.64 Å². The second-order valence-electron chi connectivity index (χ2n) is 7.63. The molecule has 2 aromatic rings. The number of ether oxygens (including phenoxy) is 1. The van der Waals surface area contributed by atoms with Crippen molar-refractivity contribution in [2.75, 3.05) is 32.8 Å². The monoisotopic (exact) mass is 420 g/mol. The van der Waals surface area contributed by atoms with Gasteiger partial charge in [-0.05, 0) is 75.0 Å². The van der Waals surface area contributed by atoms with E-state index >= 15 is 0 Å². The number of piperidine rings is 1. The summed E-state index contributed by atoms with van der Waals surface area (Å²) >= 11 is 0. The average molecular weight is 421 g/mol. The summed E-state index contributed by atoms with van der Waals surface area (Å²) in [6.07, 6.45) is 2.97. The van der Waals surface area contributed by atoms with Gasteiger partial charge in [0, 0.05) is 19.6 Å². The number of hydrogen-bond acceptors (Lipinski definition) is 4. The molecule has 0 bridgehead atoms. The summed E-state index contributed by atoms with van der Waals surface area (Å²) < 4.78 is 46.2. The molecule has 5 nitrogen and oxygen atoms in total. The normalized spacial score (nSPS) is 17.9. The quantitative estimate of drug-likeness (QED) is 0.630. The van der Waals surface area contributed by atoms with Crippen molar-refractivity contribution in [1.82, 2.24) is 9.62 Å². The maximum atomic E-state index is 12.9. The molecule has 0 aromatic heterocycles. The Balaban J connectivity index is 1.39. The molecule has 3 rings (SSSR count). The zero-order chi connectivity index (χ0) is 20.7. The van der Waals surface area contributed by atoms with E-state index in [2.05, 4.69) is 9.62 Å². The SMILES string of the molecule is Cc1ccc(S(=O)(=O)NCC2CCCN(CCCOc3ccc(F)cc3)C2)cc1. The highest BCUT2D eigenvalue weighted by Crippen LogP contribution is 2.18. The molecule has 0 amide bonds. The first-order valence-corrected chi connectivity index (χ1v) is 11.6. The number of sulfonamides is 1. The number of benzene rings is 2. The molecule has 0 radical (unpaired) electrons. The zero-order valence-corrected chi connectivity index (χ0v) is 17.6. The lowest BCUT2D eigenvalue weighted by molar-refractivity contribution is 0.163. The van der Waals surface area contributed by atoms with Crippen molar-refractivity contribution in [3.63, 3.8) is 0 Å². The molecule has 1 aliphatic rings. The van der Waals surface area contributed by atoms with Crippen LogP contribution in [0.4, 0.5) is 4.39 Å². The third-order valence-electron chi connectivity index (χ3n) is 5.20. The van der Waals surface area contributed by atoms with E-state index in [1.54, 1.807) is 24.3 Å². The van der Waals surface area contributed by atoms with Crippen molar-refractivity contribution < 1.29 is 17.5 Å². The summed E-state index contributed by atoms with van der Waals surface area (Å²) in [5, 5.41) is 0. The molecule has 1 N–H and O–H groups in total. The summed E-state index contributed by atoms with van der Waals surface area (Å²) in [5.41, 5.74) is 1.04. The largest absolute Gasteiger partial charge is 0.494 e. The fourth-order valence-electron chi connectivity index (χ4n) is 3.56.